The first-order valence-electron chi connectivity index (χ1n) is 8.28. The van der Waals surface area contributed by atoms with Crippen molar-refractivity contribution < 1.29 is 13.6 Å². The molecule has 3 heterocycles. The minimum Gasteiger partial charge on any atom is -0.468 e. The Morgan fingerprint density at radius 1 is 1.30 bits per heavy atom. The van der Waals surface area contributed by atoms with Crippen molar-refractivity contribution in [2.24, 2.45) is 0 Å². The number of piperidine rings is 1. The fourth-order valence-electron chi connectivity index (χ4n) is 3.26. The van der Waals surface area contributed by atoms with Crippen molar-refractivity contribution >= 4 is 5.91 Å². The molecule has 0 radical (unpaired) electrons. The molecule has 1 aliphatic rings. The lowest BCUT2D eigenvalue weighted by Gasteiger charge is -2.33. The van der Waals surface area contributed by atoms with E-state index in [-0.39, 0.29) is 11.9 Å². The van der Waals surface area contributed by atoms with E-state index in [0.29, 0.717) is 17.9 Å². The molecule has 1 amide bonds. The maximum absolute atomic E-state index is 12.4. The molecule has 0 spiro atoms. The molecule has 1 saturated heterocycles. The summed E-state index contributed by atoms with van der Waals surface area (Å²) in [7, 11) is 0. The van der Waals surface area contributed by atoms with E-state index in [4.69, 9.17) is 8.83 Å². The second kappa shape index (κ2) is 7.04. The maximum Gasteiger partial charge on any atom is 0.254 e. The highest BCUT2D eigenvalue weighted by molar-refractivity contribution is 5.95. The molecular formula is C18H24N2O3. The molecule has 0 saturated carbocycles. The molecule has 23 heavy (non-hydrogen) atoms. The Morgan fingerprint density at radius 3 is 2.70 bits per heavy atom. The van der Waals surface area contributed by atoms with Gasteiger partial charge in [-0.1, -0.05) is 6.42 Å². The monoisotopic (exact) mass is 316 g/mol. The average Bonchev–Trinajstić information content (AvgIpc) is 3.18. The van der Waals surface area contributed by atoms with Crippen molar-refractivity contribution in [3.63, 3.8) is 0 Å². The maximum atomic E-state index is 12.4. The highest BCUT2D eigenvalue weighted by Gasteiger charge is 2.25. The number of amides is 1. The standard InChI is InChI=1S/C18H24N2O3/c1-13-11-15(14(2)23-13)18(21)19-12-16(17-7-6-10-22-17)20-8-4-3-5-9-20/h6-7,10-11,16H,3-5,8-9,12H2,1-2H3,(H,19,21)/t16-/m0/s1. The van der Waals surface area contributed by atoms with E-state index in [0.717, 1.165) is 24.6 Å². The second-order valence-corrected chi connectivity index (χ2v) is 6.16. The van der Waals surface area contributed by atoms with E-state index in [9.17, 15) is 4.79 Å². The van der Waals surface area contributed by atoms with Gasteiger partial charge in [-0.2, -0.15) is 0 Å². The van der Waals surface area contributed by atoms with Crippen LogP contribution in [0.5, 0.6) is 0 Å². The number of hydrogen-bond donors (Lipinski definition) is 1. The summed E-state index contributed by atoms with van der Waals surface area (Å²) in [5.74, 6) is 2.24. The third-order valence-corrected chi connectivity index (χ3v) is 4.44. The predicted molar refractivity (Wildman–Crippen MR) is 87.4 cm³/mol. The molecule has 0 aliphatic carbocycles. The van der Waals surface area contributed by atoms with Crippen molar-refractivity contribution in [3.05, 3.63) is 47.3 Å². The largest absolute Gasteiger partial charge is 0.468 e. The summed E-state index contributed by atoms with van der Waals surface area (Å²) in [5.41, 5.74) is 0.610. The van der Waals surface area contributed by atoms with Gasteiger partial charge in [-0.25, -0.2) is 0 Å². The highest BCUT2D eigenvalue weighted by Crippen LogP contribution is 2.24. The van der Waals surface area contributed by atoms with Crippen molar-refractivity contribution in [2.45, 2.75) is 39.2 Å². The van der Waals surface area contributed by atoms with E-state index in [1.807, 2.05) is 26.0 Å². The number of furan rings is 2. The van der Waals surface area contributed by atoms with Gasteiger partial charge in [0.05, 0.1) is 17.9 Å². The van der Waals surface area contributed by atoms with Crippen LogP contribution in [0.15, 0.2) is 33.3 Å². The molecule has 0 unspecified atom stereocenters. The van der Waals surface area contributed by atoms with Crippen molar-refractivity contribution in [1.82, 2.24) is 10.2 Å². The summed E-state index contributed by atoms with van der Waals surface area (Å²) in [5, 5.41) is 3.04. The summed E-state index contributed by atoms with van der Waals surface area (Å²) in [4.78, 5) is 14.8. The Bertz CT molecular complexity index is 639. The summed E-state index contributed by atoms with van der Waals surface area (Å²) in [6.07, 6.45) is 5.37. The van der Waals surface area contributed by atoms with Crippen molar-refractivity contribution in [1.29, 1.82) is 0 Å². The minimum absolute atomic E-state index is 0.0857. The van der Waals surface area contributed by atoms with Gasteiger partial charge in [0.25, 0.3) is 5.91 Å². The van der Waals surface area contributed by atoms with E-state index in [1.165, 1.54) is 19.3 Å². The van der Waals surface area contributed by atoms with Crippen LogP contribution in [0, 0.1) is 13.8 Å². The van der Waals surface area contributed by atoms with Gasteiger partial charge in [0.1, 0.15) is 17.3 Å². The predicted octanol–water partition coefficient (Wildman–Crippen LogP) is 3.45. The van der Waals surface area contributed by atoms with Gasteiger partial charge in [0.2, 0.25) is 0 Å². The van der Waals surface area contributed by atoms with Crippen LogP contribution in [-0.2, 0) is 0 Å². The lowest BCUT2D eigenvalue weighted by Crippen LogP contribution is -2.40. The van der Waals surface area contributed by atoms with Gasteiger partial charge < -0.3 is 14.2 Å². The molecule has 5 heteroatoms. The fourth-order valence-corrected chi connectivity index (χ4v) is 3.26. The highest BCUT2D eigenvalue weighted by atomic mass is 16.3. The topological polar surface area (TPSA) is 58.6 Å². The molecule has 5 nitrogen and oxygen atoms in total. The third-order valence-electron chi connectivity index (χ3n) is 4.44. The molecule has 0 aromatic carbocycles. The molecule has 1 N–H and O–H groups in total. The zero-order chi connectivity index (χ0) is 16.2. The Hall–Kier alpha value is -2.01. The molecule has 2 aromatic rings. The normalized spacial score (nSPS) is 17.1. The average molecular weight is 316 g/mol. The molecule has 0 bridgehead atoms. The second-order valence-electron chi connectivity index (χ2n) is 6.16. The molecule has 1 atom stereocenters. The Balaban J connectivity index is 1.69. The summed E-state index contributed by atoms with van der Waals surface area (Å²) >= 11 is 0. The lowest BCUT2D eigenvalue weighted by atomic mass is 10.1. The van der Waals surface area contributed by atoms with Crippen LogP contribution in [0.1, 0.15) is 52.9 Å². The number of carbonyl (C=O) groups excluding carboxylic acids is 1. The Labute approximate surface area is 136 Å². The van der Waals surface area contributed by atoms with Crippen molar-refractivity contribution in [3.8, 4) is 0 Å². The van der Waals surface area contributed by atoms with Crippen LogP contribution in [0.3, 0.4) is 0 Å². The first kappa shape index (κ1) is 15.9. The number of carbonyl (C=O) groups is 1. The van der Waals surface area contributed by atoms with Gasteiger partial charge >= 0.3 is 0 Å². The number of aryl methyl sites for hydroxylation is 2. The van der Waals surface area contributed by atoms with Crippen LogP contribution >= 0.6 is 0 Å². The summed E-state index contributed by atoms with van der Waals surface area (Å²) in [6.45, 7) is 6.30. The van der Waals surface area contributed by atoms with E-state index >= 15 is 0 Å². The fraction of sp³-hybridized carbons (Fsp3) is 0.500. The lowest BCUT2D eigenvalue weighted by molar-refractivity contribution is 0.0912. The van der Waals surface area contributed by atoms with Crippen LogP contribution in [-0.4, -0.2) is 30.4 Å². The zero-order valence-electron chi connectivity index (χ0n) is 13.8. The van der Waals surface area contributed by atoms with E-state index < -0.39 is 0 Å². The van der Waals surface area contributed by atoms with E-state index in [1.54, 1.807) is 12.3 Å². The van der Waals surface area contributed by atoms with Gasteiger partial charge in [-0.05, 0) is 58.0 Å². The first-order chi connectivity index (χ1) is 11.1. The quantitative estimate of drug-likeness (QED) is 0.918. The molecule has 1 aliphatic heterocycles. The van der Waals surface area contributed by atoms with Gasteiger partial charge in [0.15, 0.2) is 0 Å². The zero-order valence-corrected chi connectivity index (χ0v) is 13.8. The molecular weight excluding hydrogens is 292 g/mol. The van der Waals surface area contributed by atoms with E-state index in [2.05, 4.69) is 10.2 Å². The third kappa shape index (κ3) is 3.67. The number of nitrogens with one attached hydrogen (secondary N) is 1. The SMILES string of the molecule is Cc1cc(C(=O)NC[C@@H](c2ccco2)N2CCCCC2)c(C)o1. The smallest absolute Gasteiger partial charge is 0.254 e. The number of rotatable bonds is 5. The van der Waals surface area contributed by atoms with Crippen LogP contribution in [0.2, 0.25) is 0 Å². The number of nitrogens with zero attached hydrogens (tertiary/aromatic N) is 1. The van der Waals surface area contributed by atoms with Crippen LogP contribution in [0.4, 0.5) is 0 Å². The van der Waals surface area contributed by atoms with Crippen LogP contribution in [0.25, 0.3) is 0 Å². The first-order valence-corrected chi connectivity index (χ1v) is 8.28. The minimum atomic E-state index is -0.0899. The van der Waals surface area contributed by atoms with Crippen molar-refractivity contribution in [2.75, 3.05) is 19.6 Å². The van der Waals surface area contributed by atoms with Gasteiger partial charge in [-0.3, -0.25) is 9.69 Å². The van der Waals surface area contributed by atoms with Gasteiger partial charge in [0, 0.05) is 6.54 Å². The van der Waals surface area contributed by atoms with Crippen LogP contribution < -0.4 is 5.32 Å². The molecule has 3 rings (SSSR count). The Kier molecular flexibility index (Phi) is 4.86. The summed E-state index contributed by atoms with van der Waals surface area (Å²) in [6, 6.07) is 5.76. The Morgan fingerprint density at radius 2 is 2.09 bits per heavy atom. The molecule has 2 aromatic heterocycles. The number of hydrogen-bond acceptors (Lipinski definition) is 4. The van der Waals surface area contributed by atoms with Gasteiger partial charge in [-0.15, -0.1) is 0 Å². The molecule has 124 valence electrons. The molecule has 1 fully saturated rings. The summed E-state index contributed by atoms with van der Waals surface area (Å²) < 4.78 is 11.0. The number of likely N-dealkylation sites (tertiary alicyclic amines) is 1.